The van der Waals surface area contributed by atoms with Gasteiger partial charge in [0, 0.05) is 19.8 Å². The lowest BCUT2D eigenvalue weighted by molar-refractivity contribution is -0.130. The molecule has 4 nitrogen and oxygen atoms in total. The van der Waals surface area contributed by atoms with Crippen molar-refractivity contribution in [1.29, 1.82) is 0 Å². The van der Waals surface area contributed by atoms with E-state index in [2.05, 4.69) is 24.1 Å². The van der Waals surface area contributed by atoms with E-state index in [1.54, 1.807) is 0 Å². The van der Waals surface area contributed by atoms with E-state index in [0.717, 1.165) is 26.2 Å². The Kier molecular flexibility index (Phi) is 5.85. The molecule has 2 unspecified atom stereocenters. The zero-order valence-electron chi connectivity index (χ0n) is 13.2. The van der Waals surface area contributed by atoms with Gasteiger partial charge >= 0.3 is 0 Å². The molecule has 2 fully saturated rings. The highest BCUT2D eigenvalue weighted by molar-refractivity contribution is 5.83. The molecule has 1 saturated carbocycles. The van der Waals surface area contributed by atoms with Crippen molar-refractivity contribution in [2.24, 2.45) is 11.8 Å². The second kappa shape index (κ2) is 7.41. The third-order valence-corrected chi connectivity index (χ3v) is 4.40. The van der Waals surface area contributed by atoms with Crippen LogP contribution >= 0.6 is 0 Å². The Morgan fingerprint density at radius 2 is 2.05 bits per heavy atom. The van der Waals surface area contributed by atoms with Crippen molar-refractivity contribution in [2.45, 2.75) is 65.1 Å². The number of hydrogen-bond acceptors (Lipinski definition) is 3. The molecule has 1 N–H and O–H groups in total. The molecule has 2 atom stereocenters. The van der Waals surface area contributed by atoms with E-state index in [9.17, 15) is 4.79 Å². The minimum atomic E-state index is -0.0165. The first-order valence-electron chi connectivity index (χ1n) is 8.24. The van der Waals surface area contributed by atoms with E-state index >= 15 is 0 Å². The van der Waals surface area contributed by atoms with Gasteiger partial charge in [-0.25, -0.2) is 0 Å². The minimum absolute atomic E-state index is 0.0165. The lowest BCUT2D eigenvalue weighted by atomic mass is 10.0. The van der Waals surface area contributed by atoms with E-state index in [-0.39, 0.29) is 18.1 Å². The van der Waals surface area contributed by atoms with Crippen LogP contribution in [0, 0.1) is 11.8 Å². The summed E-state index contributed by atoms with van der Waals surface area (Å²) in [5.41, 5.74) is 0. The summed E-state index contributed by atoms with van der Waals surface area (Å²) in [5.74, 6) is 1.50. The van der Waals surface area contributed by atoms with Gasteiger partial charge in [-0.1, -0.05) is 26.7 Å². The van der Waals surface area contributed by atoms with Crippen LogP contribution in [0.3, 0.4) is 0 Å². The topological polar surface area (TPSA) is 41.6 Å². The monoisotopic (exact) mass is 282 g/mol. The summed E-state index contributed by atoms with van der Waals surface area (Å²) >= 11 is 0. The van der Waals surface area contributed by atoms with E-state index < -0.39 is 0 Å². The van der Waals surface area contributed by atoms with Gasteiger partial charge in [0.05, 0.1) is 12.2 Å². The number of rotatable bonds is 7. The fourth-order valence-corrected chi connectivity index (χ4v) is 3.37. The molecule has 2 aliphatic rings. The van der Waals surface area contributed by atoms with Crippen molar-refractivity contribution in [3.05, 3.63) is 0 Å². The van der Waals surface area contributed by atoms with Crippen molar-refractivity contribution >= 4 is 5.91 Å². The van der Waals surface area contributed by atoms with Crippen molar-refractivity contribution < 1.29 is 9.53 Å². The summed E-state index contributed by atoms with van der Waals surface area (Å²) in [7, 11) is 0. The number of carbonyl (C=O) groups is 1. The number of hydrogen-bond donors (Lipinski definition) is 1. The number of nitrogens with zero attached hydrogens (tertiary/aromatic N) is 1. The van der Waals surface area contributed by atoms with Crippen LogP contribution in [0.4, 0.5) is 0 Å². The van der Waals surface area contributed by atoms with Crippen LogP contribution in [0.15, 0.2) is 0 Å². The smallest absolute Gasteiger partial charge is 0.240 e. The molecule has 0 spiro atoms. The molecule has 2 rings (SSSR count). The highest BCUT2D eigenvalue weighted by Gasteiger charge is 2.40. The fraction of sp³-hybridized carbons (Fsp3) is 0.938. The predicted octanol–water partition coefficient (Wildman–Crippen LogP) is 2.39. The first-order chi connectivity index (χ1) is 9.59. The van der Waals surface area contributed by atoms with Gasteiger partial charge in [0.15, 0.2) is 0 Å². The number of nitrogens with one attached hydrogen (secondary N) is 1. The van der Waals surface area contributed by atoms with Crippen molar-refractivity contribution in [3.63, 3.8) is 0 Å². The minimum Gasteiger partial charge on any atom is -0.381 e. The molecule has 0 aromatic rings. The molecule has 1 aliphatic carbocycles. The summed E-state index contributed by atoms with van der Waals surface area (Å²) in [6, 6.07) is -0.0165. The van der Waals surface area contributed by atoms with Crippen LogP contribution in [-0.4, -0.2) is 42.8 Å². The zero-order chi connectivity index (χ0) is 14.5. The largest absolute Gasteiger partial charge is 0.381 e. The van der Waals surface area contributed by atoms with Crippen LogP contribution in [0.2, 0.25) is 0 Å². The molecule has 0 radical (unpaired) electrons. The molecular formula is C16H30N2O2. The number of ether oxygens (including phenoxy) is 1. The summed E-state index contributed by atoms with van der Waals surface area (Å²) in [6.45, 7) is 8.70. The molecule has 0 bridgehead atoms. The molecule has 1 heterocycles. The van der Waals surface area contributed by atoms with Gasteiger partial charge in [-0.15, -0.1) is 0 Å². The Morgan fingerprint density at radius 3 is 2.70 bits per heavy atom. The summed E-state index contributed by atoms with van der Waals surface area (Å²) in [6.07, 6.45) is 6.37. The van der Waals surface area contributed by atoms with Gasteiger partial charge in [-0.3, -0.25) is 10.1 Å². The average Bonchev–Trinajstić information content (AvgIpc) is 3.01. The van der Waals surface area contributed by atoms with Crippen LogP contribution < -0.4 is 5.32 Å². The Bertz CT molecular complexity index is 314. The Labute approximate surface area is 123 Å². The molecule has 0 aromatic heterocycles. The highest BCUT2D eigenvalue weighted by Crippen LogP contribution is 2.31. The molecule has 1 amide bonds. The fourth-order valence-electron chi connectivity index (χ4n) is 3.37. The van der Waals surface area contributed by atoms with Gasteiger partial charge in [-0.2, -0.15) is 0 Å². The molecule has 20 heavy (non-hydrogen) atoms. The van der Waals surface area contributed by atoms with Crippen molar-refractivity contribution in [2.75, 3.05) is 19.8 Å². The second-order valence-electron chi connectivity index (χ2n) is 6.73. The molecular weight excluding hydrogens is 252 g/mol. The maximum atomic E-state index is 12.3. The summed E-state index contributed by atoms with van der Waals surface area (Å²) in [5, 5.41) is 3.49. The van der Waals surface area contributed by atoms with Crippen LogP contribution in [0.5, 0.6) is 0 Å². The van der Waals surface area contributed by atoms with Gasteiger partial charge in [0.1, 0.15) is 0 Å². The number of amides is 1. The molecule has 4 heteroatoms. The van der Waals surface area contributed by atoms with Crippen LogP contribution in [0.25, 0.3) is 0 Å². The lowest BCUT2D eigenvalue weighted by Crippen LogP contribution is -2.43. The summed E-state index contributed by atoms with van der Waals surface area (Å²) < 4.78 is 5.62. The van der Waals surface area contributed by atoms with Gasteiger partial charge in [0.2, 0.25) is 5.91 Å². The maximum absolute atomic E-state index is 12.3. The third kappa shape index (κ3) is 3.95. The second-order valence-corrected chi connectivity index (χ2v) is 6.73. The SMILES string of the molecule is CC(C)COCCCN1C(=O)C(C)NC1C1CCCC1. The standard InChI is InChI=1S/C16H30N2O2/c1-12(2)11-20-10-6-9-18-15(14-7-4-5-8-14)17-13(3)16(18)19/h12-15,17H,4-11H2,1-3H3. The van der Waals surface area contributed by atoms with E-state index in [1.165, 1.54) is 25.7 Å². The summed E-state index contributed by atoms with van der Waals surface area (Å²) in [4.78, 5) is 14.3. The quantitative estimate of drug-likeness (QED) is 0.729. The average molecular weight is 282 g/mol. The van der Waals surface area contributed by atoms with E-state index in [1.807, 2.05) is 6.92 Å². The Morgan fingerprint density at radius 1 is 1.35 bits per heavy atom. The molecule has 1 saturated heterocycles. The normalized spacial score (nSPS) is 28.0. The van der Waals surface area contributed by atoms with Crippen molar-refractivity contribution in [1.82, 2.24) is 10.2 Å². The molecule has 0 aromatic carbocycles. The highest BCUT2D eigenvalue weighted by atomic mass is 16.5. The van der Waals surface area contributed by atoms with Gasteiger partial charge < -0.3 is 9.64 Å². The van der Waals surface area contributed by atoms with E-state index in [0.29, 0.717) is 11.8 Å². The Balaban J connectivity index is 1.78. The predicted molar refractivity (Wildman–Crippen MR) is 80.3 cm³/mol. The number of carbonyl (C=O) groups excluding carboxylic acids is 1. The third-order valence-electron chi connectivity index (χ3n) is 4.40. The van der Waals surface area contributed by atoms with E-state index in [4.69, 9.17) is 4.74 Å². The zero-order valence-corrected chi connectivity index (χ0v) is 13.2. The van der Waals surface area contributed by atoms with Crippen molar-refractivity contribution in [3.8, 4) is 0 Å². The first kappa shape index (κ1) is 15.8. The van der Waals surface area contributed by atoms with Crippen LogP contribution in [0.1, 0.15) is 52.9 Å². The molecule has 116 valence electrons. The molecule has 1 aliphatic heterocycles. The maximum Gasteiger partial charge on any atom is 0.240 e. The van der Waals surface area contributed by atoms with Gasteiger partial charge in [0.25, 0.3) is 0 Å². The first-order valence-corrected chi connectivity index (χ1v) is 8.24. The van der Waals surface area contributed by atoms with Gasteiger partial charge in [-0.05, 0) is 38.0 Å². The lowest BCUT2D eigenvalue weighted by Gasteiger charge is -2.29. The Hall–Kier alpha value is -0.610. The van der Waals surface area contributed by atoms with Crippen LogP contribution in [-0.2, 0) is 9.53 Å².